The van der Waals surface area contributed by atoms with Crippen LogP contribution in [-0.2, 0) is 4.57 Å². The fourth-order valence-electron chi connectivity index (χ4n) is 1.92. The van der Waals surface area contributed by atoms with E-state index in [1.165, 1.54) is 0 Å². The van der Waals surface area contributed by atoms with Gasteiger partial charge in [0.25, 0.3) is 0 Å². The molecule has 0 spiro atoms. The van der Waals surface area contributed by atoms with E-state index in [1.807, 2.05) is 82.3 Å². The lowest BCUT2D eigenvalue weighted by Crippen LogP contribution is -2.11. The minimum Gasteiger partial charge on any atom is -0.305 e. The van der Waals surface area contributed by atoms with Gasteiger partial charge in [-0.3, -0.25) is 4.57 Å². The van der Waals surface area contributed by atoms with Gasteiger partial charge in [-0.25, -0.2) is 4.79 Å². The van der Waals surface area contributed by atoms with Gasteiger partial charge in [0.05, 0.1) is 11.2 Å². The standard InChI is InChI=1S/C14H10N2O.2C2H6.Cl3OP/c17-14-15-12-9-5-4-8-11(12)13(16-14)10-6-2-1-3-7-10;2*1-2;1-5(2,3)4/h1-9H,(H,15,16,17);2*1-2H3;. The van der Waals surface area contributed by atoms with E-state index in [0.717, 1.165) is 22.2 Å². The van der Waals surface area contributed by atoms with Crippen LogP contribution in [0.1, 0.15) is 27.7 Å². The molecule has 0 unspecified atom stereocenters. The van der Waals surface area contributed by atoms with E-state index in [0.29, 0.717) is 0 Å². The van der Waals surface area contributed by atoms with Crippen molar-refractivity contribution in [1.29, 1.82) is 0 Å². The lowest BCUT2D eigenvalue weighted by atomic mass is 10.1. The van der Waals surface area contributed by atoms with Crippen molar-refractivity contribution in [2.24, 2.45) is 0 Å². The predicted molar refractivity (Wildman–Crippen MR) is 116 cm³/mol. The SMILES string of the molecule is CC.CC.O=P(Cl)(Cl)Cl.O=c1nc(-c2ccccc2)c2ccccc2[nH]1. The van der Waals surface area contributed by atoms with Gasteiger partial charge in [-0.15, -0.1) is 0 Å². The van der Waals surface area contributed by atoms with Crippen LogP contribution in [-0.4, -0.2) is 9.97 Å². The molecule has 0 saturated heterocycles. The number of hydrogen-bond donors (Lipinski definition) is 1. The first kappa shape index (κ1) is 24.7. The molecule has 3 rings (SSSR count). The van der Waals surface area contributed by atoms with E-state index in [1.54, 1.807) is 0 Å². The Bertz CT molecular complexity index is 872. The Hall–Kier alpha value is -1.32. The van der Waals surface area contributed by atoms with Crippen molar-refractivity contribution < 1.29 is 4.57 Å². The molecule has 0 aliphatic carbocycles. The van der Waals surface area contributed by atoms with Gasteiger partial charge < -0.3 is 4.98 Å². The normalized spacial score (nSPS) is 9.65. The van der Waals surface area contributed by atoms with Gasteiger partial charge in [0, 0.05) is 10.9 Å². The van der Waals surface area contributed by atoms with Crippen LogP contribution in [0.15, 0.2) is 59.4 Å². The third-order valence-corrected chi connectivity index (χ3v) is 2.68. The summed E-state index contributed by atoms with van der Waals surface area (Å²) in [5, 5.41) is -2.27. The number of H-pyrrole nitrogens is 1. The zero-order chi connectivity index (χ0) is 20.2. The van der Waals surface area contributed by atoms with Gasteiger partial charge >= 0.3 is 10.9 Å². The number of aromatic nitrogens is 2. The van der Waals surface area contributed by atoms with E-state index in [2.05, 4.69) is 43.7 Å². The van der Waals surface area contributed by atoms with Crippen LogP contribution < -0.4 is 5.69 Å². The number of halogens is 3. The summed E-state index contributed by atoms with van der Waals surface area (Å²) < 4.78 is 9.51. The van der Waals surface area contributed by atoms with E-state index in [9.17, 15) is 9.36 Å². The van der Waals surface area contributed by atoms with E-state index in [-0.39, 0.29) is 5.69 Å². The van der Waals surface area contributed by atoms with E-state index in [4.69, 9.17) is 0 Å². The van der Waals surface area contributed by atoms with Crippen LogP contribution in [0.4, 0.5) is 0 Å². The fourth-order valence-corrected chi connectivity index (χ4v) is 1.92. The molecule has 3 aromatic rings. The lowest BCUT2D eigenvalue weighted by Gasteiger charge is -2.04. The lowest BCUT2D eigenvalue weighted by molar-refractivity contribution is 0.600. The Labute approximate surface area is 168 Å². The summed E-state index contributed by atoms with van der Waals surface area (Å²) in [6.45, 7) is 8.00. The molecule has 26 heavy (non-hydrogen) atoms. The summed E-state index contributed by atoms with van der Waals surface area (Å²) in [5.41, 5.74) is 2.17. The summed E-state index contributed by atoms with van der Waals surface area (Å²) in [4.78, 5) is 18.3. The molecule has 2 aromatic carbocycles. The highest BCUT2D eigenvalue weighted by Gasteiger charge is 2.06. The highest BCUT2D eigenvalue weighted by atomic mass is 36.0. The first-order valence-corrected chi connectivity index (χ1v) is 12.5. The molecule has 8 heteroatoms. The Balaban J connectivity index is 0.000000596. The molecule has 1 heterocycles. The molecule has 4 nitrogen and oxygen atoms in total. The first-order valence-electron chi connectivity index (χ1n) is 8.08. The number of hydrogen-bond acceptors (Lipinski definition) is 3. The van der Waals surface area contributed by atoms with Crippen LogP contribution in [0.3, 0.4) is 0 Å². The van der Waals surface area contributed by atoms with Gasteiger partial charge in [-0.05, 0) is 39.8 Å². The van der Waals surface area contributed by atoms with Crippen LogP contribution in [0.5, 0.6) is 0 Å². The Morgan fingerprint density at radius 1 is 0.846 bits per heavy atom. The Morgan fingerprint density at radius 3 is 1.85 bits per heavy atom. The van der Waals surface area contributed by atoms with Gasteiger partial charge in [-0.2, -0.15) is 4.98 Å². The van der Waals surface area contributed by atoms with Crippen molar-refractivity contribution in [2.75, 3.05) is 0 Å². The Morgan fingerprint density at radius 2 is 1.31 bits per heavy atom. The zero-order valence-corrected chi connectivity index (χ0v) is 18.2. The summed E-state index contributed by atoms with van der Waals surface area (Å²) >= 11 is 13.8. The highest BCUT2D eigenvalue weighted by Crippen LogP contribution is 2.61. The van der Waals surface area contributed by atoms with Crippen LogP contribution in [0.25, 0.3) is 22.2 Å². The molecule has 0 atom stereocenters. The monoisotopic (exact) mass is 434 g/mol. The van der Waals surface area contributed by atoms with Crippen molar-refractivity contribution in [3.05, 3.63) is 65.1 Å². The number of rotatable bonds is 1. The molecule has 0 bridgehead atoms. The molecule has 142 valence electrons. The minimum absolute atomic E-state index is 0.317. The summed E-state index contributed by atoms with van der Waals surface area (Å²) in [7, 11) is 0. The third-order valence-electron chi connectivity index (χ3n) is 2.68. The average Bonchev–Trinajstić information content (AvgIpc) is 2.64. The van der Waals surface area contributed by atoms with Crippen LogP contribution >= 0.6 is 38.9 Å². The molecule has 0 radical (unpaired) electrons. The maximum Gasteiger partial charge on any atom is 0.345 e. The quantitative estimate of drug-likeness (QED) is 0.404. The molecular weight excluding hydrogens is 414 g/mol. The van der Waals surface area contributed by atoms with Crippen molar-refractivity contribution in [1.82, 2.24) is 9.97 Å². The van der Waals surface area contributed by atoms with Crippen LogP contribution in [0.2, 0.25) is 0 Å². The van der Waals surface area contributed by atoms with Gasteiger partial charge in [0.1, 0.15) is 0 Å². The molecule has 0 aliphatic rings. The average molecular weight is 436 g/mol. The molecule has 1 aromatic heterocycles. The highest BCUT2D eigenvalue weighted by molar-refractivity contribution is 8.24. The van der Waals surface area contributed by atoms with Crippen molar-refractivity contribution in [3.63, 3.8) is 0 Å². The molecule has 0 amide bonds. The first-order chi connectivity index (χ1) is 12.3. The molecule has 0 aliphatic heterocycles. The molecule has 1 N–H and O–H groups in total. The topological polar surface area (TPSA) is 62.8 Å². The van der Waals surface area contributed by atoms with Crippen molar-refractivity contribution in [2.45, 2.75) is 27.7 Å². The maximum absolute atomic E-state index is 11.5. The maximum atomic E-state index is 11.5. The van der Waals surface area contributed by atoms with E-state index >= 15 is 0 Å². The van der Waals surface area contributed by atoms with Gasteiger partial charge in [0.15, 0.2) is 0 Å². The van der Waals surface area contributed by atoms with Gasteiger partial charge in [-0.1, -0.05) is 76.2 Å². The number of benzene rings is 2. The number of para-hydroxylation sites is 1. The predicted octanol–water partition coefficient (Wildman–Crippen LogP) is 7.45. The second-order valence-electron chi connectivity index (χ2n) is 4.20. The third kappa shape index (κ3) is 9.40. The fraction of sp³-hybridized carbons (Fsp3) is 0.222. The smallest absolute Gasteiger partial charge is 0.305 e. The zero-order valence-electron chi connectivity index (χ0n) is 15.0. The van der Waals surface area contributed by atoms with E-state index < -0.39 is 5.20 Å². The largest absolute Gasteiger partial charge is 0.345 e. The number of fused-ring (bicyclic) bond motifs is 1. The summed E-state index contributed by atoms with van der Waals surface area (Å²) in [5.74, 6) is 0. The Kier molecular flexibility index (Phi) is 12.3. The second kappa shape index (κ2) is 12.9. The molecule has 0 fully saturated rings. The van der Waals surface area contributed by atoms with Crippen molar-refractivity contribution in [3.8, 4) is 11.3 Å². The van der Waals surface area contributed by atoms with Gasteiger partial charge in [0.2, 0.25) is 0 Å². The number of nitrogens with one attached hydrogen (secondary N) is 1. The summed E-state index contributed by atoms with van der Waals surface area (Å²) in [6.07, 6.45) is 0. The number of nitrogens with zero attached hydrogens (tertiary/aromatic N) is 1. The summed E-state index contributed by atoms with van der Waals surface area (Å²) in [6, 6.07) is 17.4. The molecular formula is C18H22Cl3N2O2P. The van der Waals surface area contributed by atoms with Crippen molar-refractivity contribution >= 4 is 49.8 Å². The minimum atomic E-state index is -3.22. The molecule has 0 saturated carbocycles. The van der Waals surface area contributed by atoms with Crippen LogP contribution in [0, 0.1) is 0 Å². The number of aromatic amines is 1. The second-order valence-corrected chi connectivity index (χ2v) is 10.8.